The normalized spacial score (nSPS) is 20.2. The number of cyclic esters (lactones) is 1. The molecule has 0 unspecified atom stereocenters. The molecule has 0 aromatic heterocycles. The summed E-state index contributed by atoms with van der Waals surface area (Å²) in [5.74, 6) is 0.0989. The van der Waals surface area contributed by atoms with Gasteiger partial charge >= 0.3 is 5.97 Å². The van der Waals surface area contributed by atoms with Crippen LogP contribution < -0.4 is 5.32 Å². The van der Waals surface area contributed by atoms with Gasteiger partial charge in [-0.2, -0.15) is 0 Å². The molecule has 2 atom stereocenters. The molecule has 1 N–H and O–H groups in total. The molecule has 3 nitrogen and oxygen atoms in total. The molecular weight excluding hydrogens is 226 g/mol. The Kier molecular flexibility index (Phi) is 4.03. The van der Waals surface area contributed by atoms with E-state index in [0.29, 0.717) is 5.92 Å². The van der Waals surface area contributed by atoms with E-state index in [0.717, 1.165) is 18.7 Å². The lowest BCUT2D eigenvalue weighted by atomic mass is 9.99. The molecule has 0 bridgehead atoms. The number of ether oxygens (including phenoxy) is 1. The predicted octanol–water partition coefficient (Wildman–Crippen LogP) is 2.63. The number of nitrogens with one attached hydrogen (secondary N) is 1. The zero-order chi connectivity index (χ0) is 13.0. The quantitative estimate of drug-likeness (QED) is 0.810. The van der Waals surface area contributed by atoms with Crippen molar-refractivity contribution in [1.29, 1.82) is 0 Å². The Morgan fingerprint density at radius 2 is 2.06 bits per heavy atom. The lowest BCUT2D eigenvalue weighted by Crippen LogP contribution is -2.28. The number of benzene rings is 1. The topological polar surface area (TPSA) is 38.3 Å². The van der Waals surface area contributed by atoms with E-state index in [9.17, 15) is 4.79 Å². The van der Waals surface area contributed by atoms with Crippen LogP contribution >= 0.6 is 0 Å². The first-order valence-electron chi connectivity index (χ1n) is 6.40. The maximum atomic E-state index is 11.4. The zero-order valence-electron chi connectivity index (χ0n) is 10.8. The fraction of sp³-hybridized carbons (Fsp3) is 0.400. The zero-order valence-corrected chi connectivity index (χ0v) is 10.8. The SMILES string of the molecule is CC[C@H](C)[C@H]1OC(=O)C=C1NCc1ccccc1. The lowest BCUT2D eigenvalue weighted by molar-refractivity contribution is -0.140. The summed E-state index contributed by atoms with van der Waals surface area (Å²) in [6, 6.07) is 10.1. The molecular formula is C15H19NO2. The van der Waals surface area contributed by atoms with Crippen molar-refractivity contribution >= 4 is 5.97 Å². The Morgan fingerprint density at radius 1 is 1.33 bits per heavy atom. The van der Waals surface area contributed by atoms with Gasteiger partial charge in [-0.1, -0.05) is 44.2 Å². The molecule has 1 aromatic rings. The second-order valence-corrected chi connectivity index (χ2v) is 4.68. The third-order valence-electron chi connectivity index (χ3n) is 3.32. The molecule has 96 valence electrons. The van der Waals surface area contributed by atoms with Gasteiger partial charge in [0, 0.05) is 12.6 Å². The van der Waals surface area contributed by atoms with Crippen LogP contribution in [0.5, 0.6) is 0 Å². The van der Waals surface area contributed by atoms with Gasteiger partial charge in [-0.05, 0) is 17.9 Å². The van der Waals surface area contributed by atoms with Gasteiger partial charge in [0.2, 0.25) is 0 Å². The molecule has 1 aliphatic heterocycles. The fourth-order valence-corrected chi connectivity index (χ4v) is 2.02. The van der Waals surface area contributed by atoms with E-state index in [1.54, 1.807) is 6.08 Å². The Bertz CT molecular complexity index is 439. The van der Waals surface area contributed by atoms with Crippen LogP contribution in [0.25, 0.3) is 0 Å². The maximum absolute atomic E-state index is 11.4. The van der Waals surface area contributed by atoms with Crippen LogP contribution in [-0.4, -0.2) is 12.1 Å². The molecule has 2 rings (SSSR count). The Morgan fingerprint density at radius 3 is 2.72 bits per heavy atom. The molecule has 0 spiro atoms. The third-order valence-corrected chi connectivity index (χ3v) is 3.32. The van der Waals surface area contributed by atoms with Gasteiger partial charge < -0.3 is 10.1 Å². The first kappa shape index (κ1) is 12.7. The lowest BCUT2D eigenvalue weighted by Gasteiger charge is -2.21. The van der Waals surface area contributed by atoms with Gasteiger partial charge in [-0.3, -0.25) is 0 Å². The van der Waals surface area contributed by atoms with Gasteiger partial charge in [0.05, 0.1) is 5.70 Å². The minimum atomic E-state index is -0.240. The number of carbonyl (C=O) groups excluding carboxylic acids is 1. The Balaban J connectivity index is 1.99. The maximum Gasteiger partial charge on any atom is 0.333 e. The van der Waals surface area contributed by atoms with Crippen molar-refractivity contribution in [1.82, 2.24) is 5.32 Å². The average molecular weight is 245 g/mol. The highest BCUT2D eigenvalue weighted by atomic mass is 16.5. The van der Waals surface area contributed by atoms with Crippen LogP contribution in [0.3, 0.4) is 0 Å². The van der Waals surface area contributed by atoms with Crippen molar-refractivity contribution in [3.8, 4) is 0 Å². The average Bonchev–Trinajstić information content (AvgIpc) is 2.78. The Labute approximate surface area is 108 Å². The predicted molar refractivity (Wildman–Crippen MR) is 70.7 cm³/mol. The van der Waals surface area contributed by atoms with Crippen molar-refractivity contribution in [3.63, 3.8) is 0 Å². The highest BCUT2D eigenvalue weighted by Gasteiger charge is 2.29. The highest BCUT2D eigenvalue weighted by molar-refractivity contribution is 5.85. The molecule has 0 amide bonds. The third kappa shape index (κ3) is 2.92. The Hall–Kier alpha value is -1.77. The van der Waals surface area contributed by atoms with E-state index < -0.39 is 0 Å². The summed E-state index contributed by atoms with van der Waals surface area (Å²) in [5.41, 5.74) is 2.10. The van der Waals surface area contributed by atoms with Crippen LogP contribution in [0.4, 0.5) is 0 Å². The molecule has 0 saturated carbocycles. The molecule has 18 heavy (non-hydrogen) atoms. The van der Waals surface area contributed by atoms with Crippen LogP contribution in [0.1, 0.15) is 25.8 Å². The van der Waals surface area contributed by atoms with E-state index >= 15 is 0 Å². The van der Waals surface area contributed by atoms with Gasteiger partial charge in [0.1, 0.15) is 6.10 Å². The molecule has 1 aliphatic rings. The van der Waals surface area contributed by atoms with E-state index in [1.807, 2.05) is 18.2 Å². The van der Waals surface area contributed by atoms with Crippen LogP contribution in [0.15, 0.2) is 42.1 Å². The first-order chi connectivity index (χ1) is 8.70. The largest absolute Gasteiger partial charge is 0.452 e. The molecule has 0 radical (unpaired) electrons. The number of hydrogen-bond donors (Lipinski definition) is 1. The van der Waals surface area contributed by atoms with Crippen molar-refractivity contribution in [3.05, 3.63) is 47.7 Å². The summed E-state index contributed by atoms with van der Waals surface area (Å²) in [6.45, 7) is 4.92. The molecule has 3 heteroatoms. The van der Waals surface area contributed by atoms with Crippen molar-refractivity contribution in [2.24, 2.45) is 5.92 Å². The fourth-order valence-electron chi connectivity index (χ4n) is 2.02. The van der Waals surface area contributed by atoms with Crippen molar-refractivity contribution in [2.75, 3.05) is 0 Å². The van der Waals surface area contributed by atoms with Crippen molar-refractivity contribution < 1.29 is 9.53 Å². The summed E-state index contributed by atoms with van der Waals surface area (Å²) in [7, 11) is 0. The number of carbonyl (C=O) groups is 1. The minimum absolute atomic E-state index is 0.119. The van der Waals surface area contributed by atoms with Crippen molar-refractivity contribution in [2.45, 2.75) is 32.9 Å². The summed E-state index contributed by atoms with van der Waals surface area (Å²) in [5, 5.41) is 3.31. The molecule has 1 heterocycles. The van der Waals surface area contributed by atoms with Gasteiger partial charge in [0.15, 0.2) is 0 Å². The number of esters is 1. The smallest absolute Gasteiger partial charge is 0.333 e. The monoisotopic (exact) mass is 245 g/mol. The summed E-state index contributed by atoms with van der Waals surface area (Å²) in [6.07, 6.45) is 2.44. The van der Waals surface area contributed by atoms with E-state index in [4.69, 9.17) is 4.74 Å². The van der Waals surface area contributed by atoms with E-state index in [2.05, 4.69) is 31.3 Å². The van der Waals surface area contributed by atoms with Gasteiger partial charge in [-0.15, -0.1) is 0 Å². The second-order valence-electron chi connectivity index (χ2n) is 4.68. The molecule has 0 fully saturated rings. The standard InChI is InChI=1S/C15H19NO2/c1-3-11(2)15-13(9-14(17)18-15)16-10-12-7-5-4-6-8-12/h4-9,11,15-16H,3,10H2,1-2H3/t11-,15+/m0/s1. The van der Waals surface area contributed by atoms with Crippen LogP contribution in [0, 0.1) is 5.92 Å². The summed E-state index contributed by atoms with van der Waals surface area (Å²) < 4.78 is 5.32. The summed E-state index contributed by atoms with van der Waals surface area (Å²) in [4.78, 5) is 11.4. The van der Waals surface area contributed by atoms with E-state index in [1.165, 1.54) is 5.56 Å². The summed E-state index contributed by atoms with van der Waals surface area (Å²) >= 11 is 0. The number of rotatable bonds is 5. The van der Waals surface area contributed by atoms with Crippen LogP contribution in [-0.2, 0) is 16.1 Å². The highest BCUT2D eigenvalue weighted by Crippen LogP contribution is 2.23. The molecule has 0 aliphatic carbocycles. The minimum Gasteiger partial charge on any atom is -0.452 e. The van der Waals surface area contributed by atoms with Gasteiger partial charge in [-0.25, -0.2) is 4.79 Å². The molecule has 1 aromatic carbocycles. The molecule has 0 saturated heterocycles. The second kappa shape index (κ2) is 5.71. The first-order valence-corrected chi connectivity index (χ1v) is 6.40. The van der Waals surface area contributed by atoms with Gasteiger partial charge in [0.25, 0.3) is 0 Å². The van der Waals surface area contributed by atoms with Crippen LogP contribution in [0.2, 0.25) is 0 Å². The van der Waals surface area contributed by atoms with E-state index in [-0.39, 0.29) is 12.1 Å². The number of hydrogen-bond acceptors (Lipinski definition) is 3.